The van der Waals surface area contributed by atoms with Crippen LogP contribution in [0.5, 0.6) is 0 Å². The van der Waals surface area contributed by atoms with Crippen molar-refractivity contribution in [1.29, 1.82) is 0 Å². The average molecular weight is 369 g/mol. The van der Waals surface area contributed by atoms with Gasteiger partial charge in [0.05, 0.1) is 18.2 Å². The van der Waals surface area contributed by atoms with Crippen LogP contribution >= 0.6 is 0 Å². The highest BCUT2D eigenvalue weighted by Gasteiger charge is 2.57. The SMILES string of the molecule is Cn1ccc(C(=O)N2[C@@H](c3ccccc3)C[C@@]3(C)[C@H](O)[C@H](O)CCC[C@@H]23)n1. The van der Waals surface area contributed by atoms with Crippen molar-refractivity contribution in [3.8, 4) is 0 Å². The van der Waals surface area contributed by atoms with Gasteiger partial charge in [-0.1, -0.05) is 37.3 Å². The topological polar surface area (TPSA) is 78.6 Å². The van der Waals surface area contributed by atoms with Gasteiger partial charge in [-0.05, 0) is 37.3 Å². The molecule has 1 amide bonds. The Morgan fingerprint density at radius 3 is 2.59 bits per heavy atom. The number of aryl methyl sites for hydroxylation is 1. The molecular weight excluding hydrogens is 342 g/mol. The summed E-state index contributed by atoms with van der Waals surface area (Å²) < 4.78 is 1.63. The lowest BCUT2D eigenvalue weighted by Crippen LogP contribution is -2.49. The second kappa shape index (κ2) is 6.77. The van der Waals surface area contributed by atoms with Crippen LogP contribution in [0.4, 0.5) is 0 Å². The first-order valence-corrected chi connectivity index (χ1v) is 9.65. The number of amides is 1. The minimum absolute atomic E-state index is 0.109. The van der Waals surface area contributed by atoms with Gasteiger partial charge in [0.15, 0.2) is 0 Å². The maximum atomic E-state index is 13.4. The summed E-state index contributed by atoms with van der Waals surface area (Å²) in [5.74, 6) is -0.109. The fourth-order valence-electron chi connectivity index (χ4n) is 4.99. The van der Waals surface area contributed by atoms with E-state index in [0.29, 0.717) is 18.5 Å². The predicted molar refractivity (Wildman–Crippen MR) is 101 cm³/mol. The van der Waals surface area contributed by atoms with Crippen LogP contribution in [0.1, 0.15) is 54.7 Å². The molecule has 0 bridgehead atoms. The van der Waals surface area contributed by atoms with Crippen LogP contribution in [-0.4, -0.2) is 49.1 Å². The molecule has 2 N–H and O–H groups in total. The maximum absolute atomic E-state index is 13.4. The molecule has 0 unspecified atom stereocenters. The van der Waals surface area contributed by atoms with E-state index in [-0.39, 0.29) is 18.0 Å². The number of aromatic nitrogens is 2. The van der Waals surface area contributed by atoms with Crippen molar-refractivity contribution >= 4 is 5.91 Å². The Kier molecular flexibility index (Phi) is 4.56. The summed E-state index contributed by atoms with van der Waals surface area (Å²) in [6.07, 6.45) is 2.91. The van der Waals surface area contributed by atoms with E-state index in [2.05, 4.69) is 5.10 Å². The number of likely N-dealkylation sites (tertiary alicyclic amines) is 1. The number of hydrogen-bond donors (Lipinski definition) is 2. The van der Waals surface area contributed by atoms with Crippen molar-refractivity contribution in [1.82, 2.24) is 14.7 Å². The molecule has 1 saturated heterocycles. The standard InChI is InChI=1S/C21H27N3O3/c1-21-13-16(14-7-4-3-5-8-14)24(20(27)15-11-12-23(2)22-15)18(21)10-6-9-17(25)19(21)26/h3-5,7-8,11-12,16-19,25-26H,6,9-10,13H2,1-2H3/t16-,17-,18-,19-,21-/m1/s1. The minimum Gasteiger partial charge on any atom is -0.390 e. The summed E-state index contributed by atoms with van der Waals surface area (Å²) in [6.45, 7) is 2.01. The van der Waals surface area contributed by atoms with Crippen LogP contribution in [0.3, 0.4) is 0 Å². The molecule has 1 aromatic heterocycles. The van der Waals surface area contributed by atoms with Crippen LogP contribution in [0.25, 0.3) is 0 Å². The first-order chi connectivity index (χ1) is 12.9. The molecule has 2 aliphatic rings. The van der Waals surface area contributed by atoms with E-state index in [1.54, 1.807) is 24.0 Å². The molecule has 4 rings (SSSR count). The lowest BCUT2D eigenvalue weighted by molar-refractivity contribution is -0.0613. The number of aliphatic hydroxyl groups excluding tert-OH is 2. The third-order valence-corrected chi connectivity index (χ3v) is 6.44. The summed E-state index contributed by atoms with van der Waals surface area (Å²) in [4.78, 5) is 15.4. The maximum Gasteiger partial charge on any atom is 0.275 e. The van der Waals surface area contributed by atoms with Gasteiger partial charge in [0.1, 0.15) is 5.69 Å². The monoisotopic (exact) mass is 369 g/mol. The van der Waals surface area contributed by atoms with Gasteiger partial charge < -0.3 is 15.1 Å². The number of aliphatic hydroxyl groups is 2. The quantitative estimate of drug-likeness (QED) is 0.851. The highest BCUT2D eigenvalue weighted by atomic mass is 16.3. The fraction of sp³-hybridized carbons (Fsp3) is 0.524. The summed E-state index contributed by atoms with van der Waals surface area (Å²) in [5, 5.41) is 25.6. The van der Waals surface area contributed by atoms with Crippen molar-refractivity contribution in [3.05, 3.63) is 53.9 Å². The molecule has 0 radical (unpaired) electrons. The average Bonchev–Trinajstić information content (AvgIpc) is 3.21. The van der Waals surface area contributed by atoms with Crippen molar-refractivity contribution in [2.24, 2.45) is 12.5 Å². The van der Waals surface area contributed by atoms with Crippen LogP contribution in [0, 0.1) is 5.41 Å². The number of carbonyl (C=O) groups excluding carboxylic acids is 1. The fourth-order valence-corrected chi connectivity index (χ4v) is 4.99. The summed E-state index contributed by atoms with van der Waals surface area (Å²) >= 11 is 0. The molecule has 2 heterocycles. The van der Waals surface area contributed by atoms with E-state index in [1.807, 2.05) is 42.2 Å². The second-order valence-electron chi connectivity index (χ2n) is 8.18. The summed E-state index contributed by atoms with van der Waals surface area (Å²) in [5.41, 5.74) is 0.917. The lowest BCUT2D eigenvalue weighted by Gasteiger charge is -2.38. The number of benzene rings is 1. The molecule has 27 heavy (non-hydrogen) atoms. The van der Waals surface area contributed by atoms with Crippen LogP contribution in [0.15, 0.2) is 42.6 Å². The largest absolute Gasteiger partial charge is 0.390 e. The molecule has 6 nitrogen and oxygen atoms in total. The Bertz CT molecular complexity index is 821. The zero-order chi connectivity index (χ0) is 19.2. The van der Waals surface area contributed by atoms with Crippen molar-refractivity contribution in [2.45, 2.75) is 56.9 Å². The Labute approximate surface area is 159 Å². The van der Waals surface area contributed by atoms with Gasteiger partial charge in [-0.3, -0.25) is 9.48 Å². The number of nitrogens with zero attached hydrogens (tertiary/aromatic N) is 3. The first kappa shape index (κ1) is 18.2. The highest BCUT2D eigenvalue weighted by Crippen LogP contribution is 2.53. The normalized spacial score (nSPS) is 33.6. The third-order valence-electron chi connectivity index (χ3n) is 6.44. The number of hydrogen-bond acceptors (Lipinski definition) is 4. The van der Waals surface area contributed by atoms with Crippen molar-refractivity contribution in [2.75, 3.05) is 0 Å². The van der Waals surface area contributed by atoms with Crippen molar-refractivity contribution < 1.29 is 15.0 Å². The number of rotatable bonds is 2. The van der Waals surface area contributed by atoms with Gasteiger partial charge in [-0.2, -0.15) is 5.10 Å². The van der Waals surface area contributed by atoms with Crippen molar-refractivity contribution in [3.63, 3.8) is 0 Å². The second-order valence-corrected chi connectivity index (χ2v) is 8.18. The summed E-state index contributed by atoms with van der Waals surface area (Å²) in [6, 6.07) is 11.4. The molecule has 2 aromatic rings. The molecule has 2 fully saturated rings. The molecule has 5 atom stereocenters. The Balaban J connectivity index is 1.79. The Morgan fingerprint density at radius 2 is 1.93 bits per heavy atom. The molecule has 0 spiro atoms. The molecular formula is C21H27N3O3. The molecule has 1 aromatic carbocycles. The highest BCUT2D eigenvalue weighted by molar-refractivity contribution is 5.93. The van der Waals surface area contributed by atoms with E-state index in [9.17, 15) is 15.0 Å². The first-order valence-electron chi connectivity index (χ1n) is 9.65. The van der Waals surface area contributed by atoms with E-state index < -0.39 is 17.6 Å². The van der Waals surface area contributed by atoms with E-state index in [1.165, 1.54) is 0 Å². The molecule has 6 heteroatoms. The zero-order valence-corrected chi connectivity index (χ0v) is 15.8. The third kappa shape index (κ3) is 2.97. The predicted octanol–water partition coefficient (Wildman–Crippen LogP) is 2.29. The van der Waals surface area contributed by atoms with Crippen LogP contribution in [-0.2, 0) is 7.05 Å². The molecule has 144 valence electrons. The number of carbonyl (C=O) groups is 1. The van der Waals surface area contributed by atoms with E-state index in [0.717, 1.165) is 18.4 Å². The Morgan fingerprint density at radius 1 is 1.19 bits per heavy atom. The smallest absolute Gasteiger partial charge is 0.275 e. The zero-order valence-electron chi connectivity index (χ0n) is 15.8. The van der Waals surface area contributed by atoms with E-state index >= 15 is 0 Å². The molecule has 1 saturated carbocycles. The Hall–Kier alpha value is -2.18. The van der Waals surface area contributed by atoms with E-state index in [4.69, 9.17) is 0 Å². The van der Waals surface area contributed by atoms with Gasteiger partial charge in [-0.25, -0.2) is 0 Å². The van der Waals surface area contributed by atoms with Gasteiger partial charge in [0.2, 0.25) is 0 Å². The van der Waals surface area contributed by atoms with Gasteiger partial charge in [0.25, 0.3) is 5.91 Å². The minimum atomic E-state index is -0.849. The van der Waals surface area contributed by atoms with Crippen LogP contribution < -0.4 is 0 Å². The lowest BCUT2D eigenvalue weighted by atomic mass is 9.74. The van der Waals surface area contributed by atoms with Gasteiger partial charge in [-0.15, -0.1) is 0 Å². The van der Waals surface area contributed by atoms with Crippen LogP contribution in [0.2, 0.25) is 0 Å². The summed E-state index contributed by atoms with van der Waals surface area (Å²) in [7, 11) is 1.80. The molecule has 1 aliphatic carbocycles. The molecule has 1 aliphatic heterocycles. The van der Waals surface area contributed by atoms with Gasteiger partial charge in [0, 0.05) is 24.7 Å². The number of fused-ring (bicyclic) bond motifs is 1. The van der Waals surface area contributed by atoms with Gasteiger partial charge >= 0.3 is 0 Å².